The van der Waals surface area contributed by atoms with Crippen molar-refractivity contribution in [3.63, 3.8) is 0 Å². The lowest BCUT2D eigenvalue weighted by Crippen LogP contribution is -2.37. The number of aromatic nitrogens is 2. The third kappa shape index (κ3) is 3.15. The molecule has 1 unspecified atom stereocenters. The SMILES string of the molecule is Cc1nnc(-c2ccc(C(C)N3CCOCC3)cc2)c2ccccc12. The molecule has 4 rings (SSSR count). The summed E-state index contributed by atoms with van der Waals surface area (Å²) in [4.78, 5) is 2.47. The predicted octanol–water partition coefficient (Wildman–Crippen LogP) is 4.00. The fraction of sp³-hybridized carbons (Fsp3) is 0.333. The number of benzene rings is 2. The first kappa shape index (κ1) is 16.2. The van der Waals surface area contributed by atoms with E-state index >= 15 is 0 Å². The van der Waals surface area contributed by atoms with Gasteiger partial charge in [-0.25, -0.2) is 0 Å². The van der Waals surface area contributed by atoms with Crippen LogP contribution >= 0.6 is 0 Å². The molecule has 0 amide bonds. The maximum atomic E-state index is 5.46. The second kappa shape index (κ2) is 6.90. The Hall–Kier alpha value is -2.30. The number of ether oxygens (including phenoxy) is 1. The summed E-state index contributed by atoms with van der Waals surface area (Å²) in [5, 5.41) is 11.1. The molecule has 0 saturated carbocycles. The van der Waals surface area contributed by atoms with E-state index in [1.54, 1.807) is 0 Å². The van der Waals surface area contributed by atoms with Crippen LogP contribution in [0.3, 0.4) is 0 Å². The Morgan fingerprint density at radius 2 is 1.60 bits per heavy atom. The highest BCUT2D eigenvalue weighted by atomic mass is 16.5. The van der Waals surface area contributed by atoms with Gasteiger partial charge in [0, 0.05) is 35.5 Å². The van der Waals surface area contributed by atoms with Crippen LogP contribution in [-0.4, -0.2) is 41.4 Å². The fourth-order valence-electron chi connectivity index (χ4n) is 3.55. The first-order chi connectivity index (χ1) is 12.2. The molecule has 4 heteroatoms. The molecule has 2 heterocycles. The van der Waals surface area contributed by atoms with Gasteiger partial charge in [0.25, 0.3) is 0 Å². The second-order valence-corrected chi connectivity index (χ2v) is 6.63. The molecular formula is C21H23N3O. The summed E-state index contributed by atoms with van der Waals surface area (Å²) in [5.41, 5.74) is 4.36. The molecule has 0 spiro atoms. The van der Waals surface area contributed by atoms with E-state index in [0.717, 1.165) is 48.6 Å². The highest BCUT2D eigenvalue weighted by Crippen LogP contribution is 2.29. The van der Waals surface area contributed by atoms with Gasteiger partial charge in [0.2, 0.25) is 0 Å². The molecule has 0 radical (unpaired) electrons. The van der Waals surface area contributed by atoms with Crippen molar-refractivity contribution >= 4 is 10.8 Å². The summed E-state index contributed by atoms with van der Waals surface area (Å²) in [5.74, 6) is 0. The van der Waals surface area contributed by atoms with Crippen LogP contribution < -0.4 is 0 Å². The minimum Gasteiger partial charge on any atom is -0.379 e. The third-order valence-electron chi connectivity index (χ3n) is 5.13. The lowest BCUT2D eigenvalue weighted by Gasteiger charge is -2.32. The molecule has 128 valence electrons. The van der Waals surface area contributed by atoms with Crippen molar-refractivity contribution in [3.05, 3.63) is 59.8 Å². The molecule has 1 atom stereocenters. The quantitative estimate of drug-likeness (QED) is 0.726. The van der Waals surface area contributed by atoms with Crippen molar-refractivity contribution in [3.8, 4) is 11.3 Å². The maximum absolute atomic E-state index is 5.46. The van der Waals surface area contributed by atoms with Crippen LogP contribution in [0.1, 0.15) is 24.2 Å². The minimum absolute atomic E-state index is 0.402. The molecule has 4 nitrogen and oxygen atoms in total. The number of fused-ring (bicyclic) bond motifs is 1. The van der Waals surface area contributed by atoms with E-state index in [1.807, 2.05) is 13.0 Å². The van der Waals surface area contributed by atoms with Crippen molar-refractivity contribution in [1.29, 1.82) is 0 Å². The number of hydrogen-bond acceptors (Lipinski definition) is 4. The van der Waals surface area contributed by atoms with Gasteiger partial charge in [-0.15, -0.1) is 5.10 Å². The van der Waals surface area contributed by atoms with Crippen LogP contribution in [0, 0.1) is 6.92 Å². The molecular weight excluding hydrogens is 310 g/mol. The van der Waals surface area contributed by atoms with Gasteiger partial charge in [0.15, 0.2) is 0 Å². The van der Waals surface area contributed by atoms with Gasteiger partial charge in [-0.05, 0) is 19.4 Å². The Kier molecular flexibility index (Phi) is 4.47. The topological polar surface area (TPSA) is 38.2 Å². The van der Waals surface area contributed by atoms with Gasteiger partial charge in [0.1, 0.15) is 5.69 Å². The van der Waals surface area contributed by atoms with E-state index in [9.17, 15) is 0 Å². The van der Waals surface area contributed by atoms with Gasteiger partial charge < -0.3 is 4.74 Å². The van der Waals surface area contributed by atoms with Crippen LogP contribution in [0.2, 0.25) is 0 Å². The van der Waals surface area contributed by atoms with E-state index in [0.29, 0.717) is 6.04 Å². The lowest BCUT2D eigenvalue weighted by atomic mass is 10.00. The van der Waals surface area contributed by atoms with Crippen molar-refractivity contribution in [1.82, 2.24) is 15.1 Å². The Balaban J connectivity index is 1.65. The molecule has 2 aromatic carbocycles. The Morgan fingerprint density at radius 1 is 0.920 bits per heavy atom. The molecule has 0 bridgehead atoms. The Morgan fingerprint density at radius 3 is 2.32 bits per heavy atom. The van der Waals surface area contributed by atoms with E-state index in [2.05, 4.69) is 64.5 Å². The zero-order valence-corrected chi connectivity index (χ0v) is 14.8. The predicted molar refractivity (Wildman–Crippen MR) is 101 cm³/mol. The lowest BCUT2D eigenvalue weighted by molar-refractivity contribution is 0.0198. The largest absolute Gasteiger partial charge is 0.379 e. The summed E-state index contributed by atoms with van der Waals surface area (Å²) in [6, 6.07) is 17.5. The molecule has 1 aliphatic heterocycles. The molecule has 1 aromatic heterocycles. The highest BCUT2D eigenvalue weighted by molar-refractivity contribution is 5.95. The van der Waals surface area contributed by atoms with Crippen molar-refractivity contribution < 1.29 is 4.74 Å². The maximum Gasteiger partial charge on any atom is 0.101 e. The minimum atomic E-state index is 0.402. The first-order valence-electron chi connectivity index (χ1n) is 8.88. The van der Waals surface area contributed by atoms with Crippen LogP contribution in [-0.2, 0) is 4.74 Å². The summed E-state index contributed by atoms with van der Waals surface area (Å²) in [6.45, 7) is 7.92. The van der Waals surface area contributed by atoms with Gasteiger partial charge >= 0.3 is 0 Å². The average Bonchev–Trinajstić information content (AvgIpc) is 2.69. The molecule has 1 saturated heterocycles. The van der Waals surface area contributed by atoms with Crippen LogP contribution in [0.15, 0.2) is 48.5 Å². The Labute approximate surface area is 148 Å². The van der Waals surface area contributed by atoms with Gasteiger partial charge in [-0.2, -0.15) is 5.10 Å². The number of nitrogens with zero attached hydrogens (tertiary/aromatic N) is 3. The van der Waals surface area contributed by atoms with E-state index in [4.69, 9.17) is 4.74 Å². The van der Waals surface area contributed by atoms with Crippen molar-refractivity contribution in [2.24, 2.45) is 0 Å². The molecule has 1 aliphatic rings. The number of morpholine rings is 1. The monoisotopic (exact) mass is 333 g/mol. The van der Waals surface area contributed by atoms with Gasteiger partial charge in [0.05, 0.1) is 18.9 Å². The highest BCUT2D eigenvalue weighted by Gasteiger charge is 2.18. The molecule has 3 aromatic rings. The summed E-state index contributed by atoms with van der Waals surface area (Å²) < 4.78 is 5.46. The summed E-state index contributed by atoms with van der Waals surface area (Å²) in [6.07, 6.45) is 0. The number of aryl methyl sites for hydroxylation is 1. The van der Waals surface area contributed by atoms with E-state index in [1.165, 1.54) is 10.9 Å². The zero-order chi connectivity index (χ0) is 17.2. The van der Waals surface area contributed by atoms with Crippen molar-refractivity contribution in [2.45, 2.75) is 19.9 Å². The molecule has 0 N–H and O–H groups in total. The van der Waals surface area contributed by atoms with Crippen molar-refractivity contribution in [2.75, 3.05) is 26.3 Å². The molecule has 1 fully saturated rings. The zero-order valence-electron chi connectivity index (χ0n) is 14.8. The average molecular weight is 333 g/mol. The third-order valence-corrected chi connectivity index (χ3v) is 5.13. The normalized spacial score (nSPS) is 16.9. The number of hydrogen-bond donors (Lipinski definition) is 0. The van der Waals surface area contributed by atoms with Crippen LogP contribution in [0.25, 0.3) is 22.0 Å². The van der Waals surface area contributed by atoms with E-state index < -0.39 is 0 Å². The van der Waals surface area contributed by atoms with Crippen LogP contribution in [0.4, 0.5) is 0 Å². The smallest absolute Gasteiger partial charge is 0.101 e. The Bertz CT molecular complexity index is 870. The second-order valence-electron chi connectivity index (χ2n) is 6.63. The fourth-order valence-corrected chi connectivity index (χ4v) is 3.55. The summed E-state index contributed by atoms with van der Waals surface area (Å²) >= 11 is 0. The van der Waals surface area contributed by atoms with E-state index in [-0.39, 0.29) is 0 Å². The summed E-state index contributed by atoms with van der Waals surface area (Å²) in [7, 11) is 0. The molecule has 0 aliphatic carbocycles. The van der Waals surface area contributed by atoms with Gasteiger partial charge in [-0.3, -0.25) is 4.90 Å². The number of rotatable bonds is 3. The first-order valence-corrected chi connectivity index (χ1v) is 8.88. The van der Waals surface area contributed by atoms with Crippen LogP contribution in [0.5, 0.6) is 0 Å². The standard InChI is InChI=1S/C21H23N3O/c1-15-19-5-3-4-6-20(19)21(23-22-15)18-9-7-17(8-10-18)16(2)24-11-13-25-14-12-24/h3-10,16H,11-14H2,1-2H3. The molecule has 25 heavy (non-hydrogen) atoms. The van der Waals surface area contributed by atoms with Gasteiger partial charge in [-0.1, -0.05) is 48.5 Å².